The van der Waals surface area contributed by atoms with E-state index in [9.17, 15) is 9.18 Å². The summed E-state index contributed by atoms with van der Waals surface area (Å²) < 4.78 is 25.0. The number of aromatic nitrogens is 1. The second-order valence-electron chi connectivity index (χ2n) is 5.05. The number of carbonyl (C=O) groups is 1. The molecule has 6 heteroatoms. The minimum Gasteiger partial charge on any atom is -0.456 e. The monoisotopic (exact) mass is 319 g/mol. The normalized spacial score (nSPS) is 11.1. The van der Waals surface area contributed by atoms with Gasteiger partial charge in [0.25, 0.3) is 0 Å². The maximum absolute atomic E-state index is 13.9. The first kappa shape index (κ1) is 14.7. The number of esters is 1. The third-order valence-electron chi connectivity index (χ3n) is 3.62. The summed E-state index contributed by atoms with van der Waals surface area (Å²) >= 11 is 1.24. The van der Waals surface area contributed by atoms with Gasteiger partial charge in [-0.2, -0.15) is 0 Å². The number of nitrogens with zero attached hydrogens (tertiary/aromatic N) is 1. The zero-order chi connectivity index (χ0) is 15.9. The quantitative estimate of drug-likeness (QED) is 0.675. The Hall–Kier alpha value is -2.21. The van der Waals surface area contributed by atoms with E-state index in [1.54, 1.807) is 32.9 Å². The maximum Gasteiger partial charge on any atom is 0.348 e. The van der Waals surface area contributed by atoms with Crippen LogP contribution < -0.4 is 0 Å². The van der Waals surface area contributed by atoms with Crippen LogP contribution in [0.5, 0.6) is 0 Å². The molecular weight excluding hydrogens is 305 g/mol. The lowest BCUT2D eigenvalue weighted by Crippen LogP contribution is -2.05. The zero-order valence-corrected chi connectivity index (χ0v) is 13.2. The highest BCUT2D eigenvalue weighted by molar-refractivity contribution is 7.21. The van der Waals surface area contributed by atoms with Gasteiger partial charge in [0.1, 0.15) is 23.1 Å². The first-order valence-corrected chi connectivity index (χ1v) is 7.57. The number of aryl methyl sites for hydroxylation is 3. The van der Waals surface area contributed by atoms with Crippen LogP contribution in [0.3, 0.4) is 0 Å². The highest BCUT2D eigenvalue weighted by Crippen LogP contribution is 2.33. The molecule has 2 heterocycles. The molecule has 2 aromatic heterocycles. The Kier molecular flexibility index (Phi) is 3.70. The van der Waals surface area contributed by atoms with Gasteiger partial charge in [0.15, 0.2) is 0 Å². The van der Waals surface area contributed by atoms with Crippen LogP contribution in [0.25, 0.3) is 10.1 Å². The van der Waals surface area contributed by atoms with Crippen LogP contribution in [-0.4, -0.2) is 11.1 Å². The summed E-state index contributed by atoms with van der Waals surface area (Å²) in [5, 5.41) is 4.30. The van der Waals surface area contributed by atoms with E-state index in [0.29, 0.717) is 27.3 Å². The van der Waals surface area contributed by atoms with Gasteiger partial charge >= 0.3 is 5.97 Å². The fraction of sp³-hybridized carbons (Fsp3) is 0.250. The standard InChI is InChI=1S/C16H14FNO3S/c1-8-14-12(17)5-4-6-13(14)22-15(8)16(19)20-7-11-9(2)18-21-10(11)3/h4-6H,7H2,1-3H3. The highest BCUT2D eigenvalue weighted by Gasteiger charge is 2.20. The molecular formula is C16H14FNO3S. The fourth-order valence-corrected chi connectivity index (χ4v) is 3.48. The molecule has 0 aliphatic rings. The molecule has 0 radical (unpaired) electrons. The SMILES string of the molecule is Cc1noc(C)c1COC(=O)c1sc2cccc(F)c2c1C. The van der Waals surface area contributed by atoms with Gasteiger partial charge < -0.3 is 9.26 Å². The van der Waals surface area contributed by atoms with Gasteiger partial charge in [-0.05, 0) is 38.5 Å². The lowest BCUT2D eigenvalue weighted by atomic mass is 10.1. The van der Waals surface area contributed by atoms with Crippen molar-refractivity contribution in [2.45, 2.75) is 27.4 Å². The molecule has 0 aliphatic heterocycles. The Labute approximate surface area is 130 Å². The predicted molar refractivity (Wildman–Crippen MR) is 81.6 cm³/mol. The minimum atomic E-state index is -0.460. The van der Waals surface area contributed by atoms with Crippen molar-refractivity contribution in [3.63, 3.8) is 0 Å². The van der Waals surface area contributed by atoms with Crippen molar-refractivity contribution in [3.8, 4) is 0 Å². The molecule has 0 saturated carbocycles. The van der Waals surface area contributed by atoms with E-state index in [1.807, 2.05) is 0 Å². The van der Waals surface area contributed by atoms with Crippen molar-refractivity contribution in [3.05, 3.63) is 51.5 Å². The largest absolute Gasteiger partial charge is 0.456 e. The molecule has 0 amide bonds. The summed E-state index contributed by atoms with van der Waals surface area (Å²) in [7, 11) is 0. The molecule has 22 heavy (non-hydrogen) atoms. The van der Waals surface area contributed by atoms with E-state index in [4.69, 9.17) is 9.26 Å². The van der Waals surface area contributed by atoms with Crippen molar-refractivity contribution >= 4 is 27.4 Å². The fourth-order valence-electron chi connectivity index (χ4n) is 2.36. The number of fused-ring (bicyclic) bond motifs is 1. The number of hydrogen-bond donors (Lipinski definition) is 0. The molecule has 114 valence electrons. The topological polar surface area (TPSA) is 52.3 Å². The Bertz CT molecular complexity index is 846. The Balaban J connectivity index is 1.87. The molecule has 0 bridgehead atoms. The van der Waals surface area contributed by atoms with Crippen LogP contribution >= 0.6 is 11.3 Å². The number of ether oxygens (including phenoxy) is 1. The van der Waals surface area contributed by atoms with Gasteiger partial charge in [0.2, 0.25) is 0 Å². The lowest BCUT2D eigenvalue weighted by molar-refractivity contribution is 0.0476. The van der Waals surface area contributed by atoms with Gasteiger partial charge in [-0.15, -0.1) is 11.3 Å². The van der Waals surface area contributed by atoms with E-state index in [1.165, 1.54) is 17.4 Å². The minimum absolute atomic E-state index is 0.0934. The molecule has 3 rings (SSSR count). The lowest BCUT2D eigenvalue weighted by Gasteiger charge is -2.03. The molecule has 0 atom stereocenters. The second kappa shape index (κ2) is 5.53. The molecule has 4 nitrogen and oxygen atoms in total. The van der Waals surface area contributed by atoms with E-state index in [2.05, 4.69) is 5.16 Å². The van der Waals surface area contributed by atoms with E-state index < -0.39 is 5.97 Å². The highest BCUT2D eigenvalue weighted by atomic mass is 32.1. The molecule has 0 N–H and O–H groups in total. The summed E-state index contributed by atoms with van der Waals surface area (Å²) in [6.07, 6.45) is 0. The van der Waals surface area contributed by atoms with Gasteiger partial charge in [0, 0.05) is 10.1 Å². The van der Waals surface area contributed by atoms with Crippen LogP contribution in [0, 0.1) is 26.6 Å². The van der Waals surface area contributed by atoms with E-state index >= 15 is 0 Å². The van der Waals surface area contributed by atoms with Crippen molar-refractivity contribution in [1.82, 2.24) is 5.16 Å². The molecule has 0 fully saturated rings. The second-order valence-corrected chi connectivity index (χ2v) is 6.10. The Morgan fingerprint density at radius 2 is 2.14 bits per heavy atom. The van der Waals surface area contributed by atoms with Gasteiger partial charge in [-0.1, -0.05) is 11.2 Å². The van der Waals surface area contributed by atoms with Gasteiger partial charge in [0.05, 0.1) is 11.3 Å². The van der Waals surface area contributed by atoms with Crippen molar-refractivity contribution < 1.29 is 18.4 Å². The maximum atomic E-state index is 13.9. The van der Waals surface area contributed by atoms with E-state index in [-0.39, 0.29) is 12.4 Å². The van der Waals surface area contributed by atoms with Crippen LogP contribution in [-0.2, 0) is 11.3 Å². The summed E-state index contributed by atoms with van der Waals surface area (Å²) in [4.78, 5) is 12.7. The number of thiophene rings is 1. The summed E-state index contributed by atoms with van der Waals surface area (Å²) in [5.41, 5.74) is 2.07. The first-order chi connectivity index (χ1) is 10.5. The van der Waals surface area contributed by atoms with Crippen LogP contribution in [0.2, 0.25) is 0 Å². The average Bonchev–Trinajstić information content (AvgIpc) is 2.99. The number of hydrogen-bond acceptors (Lipinski definition) is 5. The third-order valence-corrected chi connectivity index (χ3v) is 4.85. The average molecular weight is 319 g/mol. The molecule has 0 saturated heterocycles. The van der Waals surface area contributed by atoms with Crippen LogP contribution in [0.1, 0.15) is 32.3 Å². The smallest absolute Gasteiger partial charge is 0.348 e. The van der Waals surface area contributed by atoms with Gasteiger partial charge in [-0.3, -0.25) is 0 Å². The molecule has 0 unspecified atom stereocenters. The third kappa shape index (κ3) is 2.39. The molecule has 0 spiro atoms. The number of benzene rings is 1. The van der Waals surface area contributed by atoms with Gasteiger partial charge in [-0.25, -0.2) is 9.18 Å². The number of halogens is 1. The molecule has 3 aromatic rings. The Morgan fingerprint density at radius 3 is 2.77 bits per heavy atom. The summed E-state index contributed by atoms with van der Waals surface area (Å²) in [6.45, 7) is 5.38. The Morgan fingerprint density at radius 1 is 1.36 bits per heavy atom. The first-order valence-electron chi connectivity index (χ1n) is 6.75. The van der Waals surface area contributed by atoms with Crippen molar-refractivity contribution in [1.29, 1.82) is 0 Å². The summed E-state index contributed by atoms with van der Waals surface area (Å²) in [6, 6.07) is 4.81. The number of rotatable bonds is 3. The van der Waals surface area contributed by atoms with Crippen molar-refractivity contribution in [2.75, 3.05) is 0 Å². The molecule has 1 aromatic carbocycles. The summed E-state index contributed by atoms with van der Waals surface area (Å²) in [5.74, 6) is -0.154. The molecule has 0 aliphatic carbocycles. The predicted octanol–water partition coefficient (Wildman–Crippen LogP) is 4.31. The zero-order valence-electron chi connectivity index (χ0n) is 12.4. The van der Waals surface area contributed by atoms with E-state index in [0.717, 1.165) is 10.3 Å². The number of carbonyl (C=O) groups excluding carboxylic acids is 1. The van der Waals surface area contributed by atoms with Crippen LogP contribution in [0.4, 0.5) is 4.39 Å². The van der Waals surface area contributed by atoms with Crippen LogP contribution in [0.15, 0.2) is 22.7 Å². The van der Waals surface area contributed by atoms with Crippen molar-refractivity contribution in [2.24, 2.45) is 0 Å².